The van der Waals surface area contributed by atoms with Crippen molar-refractivity contribution >= 4 is 33.8 Å². The van der Waals surface area contributed by atoms with E-state index in [1.165, 1.54) is 44.9 Å². The fourth-order valence-corrected chi connectivity index (χ4v) is 9.83. The van der Waals surface area contributed by atoms with Gasteiger partial charge in [-0.05, 0) is 122 Å². The smallest absolute Gasteiger partial charge is 0.138 e. The Bertz CT molecular complexity index is 2400. The van der Waals surface area contributed by atoms with Gasteiger partial charge in [-0.25, -0.2) is 0 Å². The van der Waals surface area contributed by atoms with E-state index in [2.05, 4.69) is 97.4 Å². The molecule has 3 aromatic carbocycles. The summed E-state index contributed by atoms with van der Waals surface area (Å²) in [6.07, 6.45) is 13.0. The monoisotopic (exact) mass is 724 g/mol. The first-order valence-corrected chi connectivity index (χ1v) is 20.5. The zero-order valence-electron chi connectivity index (χ0n) is 30.3. The van der Waals surface area contributed by atoms with Crippen LogP contribution in [-0.4, -0.2) is 0 Å². The van der Waals surface area contributed by atoms with E-state index < -0.39 is 0 Å². The molecular formula is C47H40N4S2. The molecule has 2 aliphatic carbocycles. The van der Waals surface area contributed by atoms with Crippen molar-refractivity contribution in [1.82, 2.24) is 0 Å². The number of hydrogen-bond acceptors (Lipinski definition) is 6. The van der Waals surface area contributed by atoms with Crippen LogP contribution in [0.4, 0.5) is 0 Å². The predicted octanol–water partition coefficient (Wildman–Crippen LogP) is 13.6. The first kappa shape index (κ1) is 35.9. The molecule has 0 bridgehead atoms. The van der Waals surface area contributed by atoms with Crippen molar-refractivity contribution in [2.45, 2.75) is 84.5 Å². The Morgan fingerprint density at radius 1 is 0.528 bits per heavy atom. The molecule has 2 heterocycles. The summed E-state index contributed by atoms with van der Waals surface area (Å²) in [7, 11) is 0. The molecule has 0 amide bonds. The summed E-state index contributed by atoms with van der Waals surface area (Å²) >= 11 is 3.32. The number of nitrogens with zero attached hydrogens (tertiary/aromatic N) is 4. The van der Waals surface area contributed by atoms with Gasteiger partial charge in [-0.1, -0.05) is 101 Å². The second kappa shape index (κ2) is 16.0. The average Bonchev–Trinajstić information content (AvgIpc) is 4.01. The summed E-state index contributed by atoms with van der Waals surface area (Å²) in [6, 6.07) is 30.1. The zero-order valence-corrected chi connectivity index (χ0v) is 31.9. The van der Waals surface area contributed by atoms with Crippen LogP contribution in [0.25, 0.3) is 54.3 Å². The molecule has 0 unspecified atom stereocenters. The molecule has 0 saturated heterocycles. The fraction of sp³-hybridized carbons (Fsp3) is 0.277. The maximum absolute atomic E-state index is 10.5. The largest absolute Gasteiger partial charge is 0.192 e. The molecule has 0 aliphatic heterocycles. The van der Waals surface area contributed by atoms with Crippen molar-refractivity contribution in [2.24, 2.45) is 0 Å². The Kier molecular flexibility index (Phi) is 10.9. The predicted molar refractivity (Wildman–Crippen MR) is 219 cm³/mol. The summed E-state index contributed by atoms with van der Waals surface area (Å²) in [4.78, 5) is 2.24. The minimum Gasteiger partial charge on any atom is -0.192 e. The highest BCUT2D eigenvalue weighted by atomic mass is 32.1. The normalized spacial score (nSPS) is 11.9. The molecule has 0 fully saturated rings. The second-order valence-electron chi connectivity index (χ2n) is 14.0. The topological polar surface area (TPSA) is 95.2 Å². The van der Waals surface area contributed by atoms with Gasteiger partial charge in [-0.15, -0.1) is 22.7 Å². The molecule has 2 aromatic heterocycles. The van der Waals surface area contributed by atoms with E-state index in [0.29, 0.717) is 11.1 Å². The summed E-state index contributed by atoms with van der Waals surface area (Å²) in [5.41, 5.74) is 13.4. The van der Waals surface area contributed by atoms with Crippen LogP contribution in [0.1, 0.15) is 105 Å². The van der Waals surface area contributed by atoms with Crippen LogP contribution in [0.15, 0.2) is 82.6 Å². The van der Waals surface area contributed by atoms with E-state index in [9.17, 15) is 21.0 Å². The van der Waals surface area contributed by atoms with Crippen LogP contribution in [-0.2, 0) is 6.42 Å². The summed E-state index contributed by atoms with van der Waals surface area (Å²) in [5, 5.41) is 45.8. The molecule has 4 nitrogen and oxygen atoms in total. The van der Waals surface area contributed by atoms with Crippen molar-refractivity contribution < 1.29 is 0 Å². The van der Waals surface area contributed by atoms with E-state index in [1.54, 1.807) is 22.7 Å². The summed E-state index contributed by atoms with van der Waals surface area (Å²) < 4.78 is 0. The third-order valence-electron chi connectivity index (χ3n) is 10.8. The SMILES string of the molecule is CCCCCCCCCCCCc1c2c(c(C)c3c1-c1ccc(-c4cccs4)cc1C3=C(C#N)C#N)-c1ccc(-c3cccs3)cc1C2=C(C#N)C#N. The number of rotatable bonds is 13. The van der Waals surface area contributed by atoms with E-state index in [-0.39, 0.29) is 11.1 Å². The maximum Gasteiger partial charge on any atom is 0.138 e. The quantitative estimate of drug-likeness (QED) is 0.0873. The molecule has 2 aliphatic rings. The first-order valence-electron chi connectivity index (χ1n) is 18.7. The van der Waals surface area contributed by atoms with Gasteiger partial charge in [0.15, 0.2) is 0 Å². The zero-order chi connectivity index (χ0) is 36.9. The molecule has 7 rings (SSSR count). The number of unbranched alkanes of at least 4 members (excludes halogenated alkanes) is 9. The van der Waals surface area contributed by atoms with Crippen molar-refractivity contribution in [2.75, 3.05) is 0 Å². The number of fused-ring (bicyclic) bond motifs is 6. The first-order chi connectivity index (χ1) is 26.1. The molecule has 5 aromatic rings. The van der Waals surface area contributed by atoms with E-state index in [1.807, 2.05) is 12.1 Å². The lowest BCUT2D eigenvalue weighted by atomic mass is 9.82. The molecule has 0 saturated carbocycles. The molecule has 0 atom stereocenters. The van der Waals surface area contributed by atoms with E-state index in [0.717, 1.165) is 102 Å². The van der Waals surface area contributed by atoms with Gasteiger partial charge in [0.05, 0.1) is 0 Å². The lowest BCUT2D eigenvalue weighted by Crippen LogP contribution is -2.03. The Morgan fingerprint density at radius 2 is 1.00 bits per heavy atom. The van der Waals surface area contributed by atoms with Gasteiger partial charge >= 0.3 is 0 Å². The van der Waals surface area contributed by atoms with Crippen LogP contribution < -0.4 is 0 Å². The third-order valence-corrected chi connectivity index (χ3v) is 12.6. The Morgan fingerprint density at radius 3 is 1.47 bits per heavy atom. The highest BCUT2D eigenvalue weighted by Gasteiger charge is 2.39. The number of hydrogen-bond donors (Lipinski definition) is 0. The molecule has 6 heteroatoms. The molecular weight excluding hydrogens is 685 g/mol. The lowest BCUT2D eigenvalue weighted by molar-refractivity contribution is 0.556. The molecule has 53 heavy (non-hydrogen) atoms. The average molecular weight is 725 g/mol. The van der Waals surface area contributed by atoms with Gasteiger partial charge in [0.2, 0.25) is 0 Å². The van der Waals surface area contributed by atoms with Crippen LogP contribution in [0.3, 0.4) is 0 Å². The van der Waals surface area contributed by atoms with Crippen LogP contribution in [0, 0.1) is 52.2 Å². The minimum atomic E-state index is 0.0954. The van der Waals surface area contributed by atoms with Gasteiger partial charge in [-0.3, -0.25) is 0 Å². The standard InChI is InChI=1S/C47H40N4S2/c1-3-4-5-6-7-8-9-10-11-12-15-37-46-36-21-19-32(41-17-14-23-53-41)25-39(36)44(33(26-48)27-49)43(46)30(2)42-35-20-18-31(40-16-13-22-52-40)24-38(35)45(47(37)42)34(28-50)29-51/h13-14,16-25H,3-12,15H2,1-2H3. The molecule has 260 valence electrons. The fourth-order valence-electron chi connectivity index (χ4n) is 8.38. The highest BCUT2D eigenvalue weighted by molar-refractivity contribution is 7.13. The minimum absolute atomic E-state index is 0.0954. The second-order valence-corrected chi connectivity index (χ2v) is 15.9. The molecule has 0 N–H and O–H groups in total. The summed E-state index contributed by atoms with van der Waals surface area (Å²) in [5.74, 6) is 0. The number of thiophene rings is 2. The van der Waals surface area contributed by atoms with Crippen molar-refractivity contribution in [3.63, 3.8) is 0 Å². The Balaban J connectivity index is 1.42. The van der Waals surface area contributed by atoms with Gasteiger partial charge < -0.3 is 0 Å². The van der Waals surface area contributed by atoms with Crippen LogP contribution in [0.5, 0.6) is 0 Å². The van der Waals surface area contributed by atoms with Crippen LogP contribution >= 0.6 is 22.7 Å². The van der Waals surface area contributed by atoms with Crippen LogP contribution in [0.2, 0.25) is 0 Å². The van der Waals surface area contributed by atoms with E-state index in [4.69, 9.17) is 0 Å². The Hall–Kier alpha value is -5.50. The lowest BCUT2D eigenvalue weighted by Gasteiger charge is -2.20. The van der Waals surface area contributed by atoms with Gasteiger partial charge in [-0.2, -0.15) is 21.0 Å². The van der Waals surface area contributed by atoms with E-state index >= 15 is 0 Å². The third kappa shape index (κ3) is 6.56. The summed E-state index contributed by atoms with van der Waals surface area (Å²) in [6.45, 7) is 4.34. The highest BCUT2D eigenvalue weighted by Crippen LogP contribution is 2.58. The van der Waals surface area contributed by atoms with Crippen molar-refractivity contribution in [1.29, 1.82) is 21.0 Å². The number of allylic oxidation sites excluding steroid dienone is 2. The van der Waals surface area contributed by atoms with Gasteiger partial charge in [0.25, 0.3) is 0 Å². The maximum atomic E-state index is 10.5. The van der Waals surface area contributed by atoms with Crippen molar-refractivity contribution in [3.8, 4) is 67.4 Å². The number of benzene rings is 3. The molecule has 0 radical (unpaired) electrons. The Labute approximate surface area is 321 Å². The van der Waals surface area contributed by atoms with Crippen molar-refractivity contribution in [3.05, 3.63) is 116 Å². The number of nitriles is 4. The van der Waals surface area contributed by atoms with Gasteiger partial charge in [0.1, 0.15) is 35.4 Å². The van der Waals surface area contributed by atoms with Gasteiger partial charge in [0, 0.05) is 20.9 Å². The molecule has 0 spiro atoms.